The zero-order valence-corrected chi connectivity index (χ0v) is 12.3. The molecule has 2 rings (SSSR count). The summed E-state index contributed by atoms with van der Waals surface area (Å²) in [5, 5.41) is 6.88. The summed E-state index contributed by atoms with van der Waals surface area (Å²) in [7, 11) is 0. The summed E-state index contributed by atoms with van der Waals surface area (Å²) in [4.78, 5) is 0. The highest BCUT2D eigenvalue weighted by Crippen LogP contribution is 2.33. The van der Waals surface area contributed by atoms with Crippen LogP contribution in [0.25, 0.3) is 11.3 Å². The van der Waals surface area contributed by atoms with E-state index >= 15 is 0 Å². The van der Waals surface area contributed by atoms with Gasteiger partial charge in [0.15, 0.2) is 0 Å². The number of hydrogen-bond acceptors (Lipinski definition) is 2. The second-order valence-corrected chi connectivity index (χ2v) is 5.31. The maximum atomic E-state index is 5.62. The maximum absolute atomic E-state index is 5.62. The summed E-state index contributed by atoms with van der Waals surface area (Å²) in [5.41, 5.74) is 9.04. The van der Waals surface area contributed by atoms with Crippen LogP contribution in [0.5, 0.6) is 0 Å². The smallest absolute Gasteiger partial charge is 0.145 e. The number of aromatic nitrogens is 2. The lowest BCUT2D eigenvalue weighted by atomic mass is 9.93. The van der Waals surface area contributed by atoms with E-state index in [1.165, 1.54) is 5.56 Å². The Kier molecular flexibility index (Phi) is 4.07. The molecule has 0 atom stereocenters. The van der Waals surface area contributed by atoms with Crippen molar-refractivity contribution in [3.05, 3.63) is 34.3 Å². The van der Waals surface area contributed by atoms with Crippen molar-refractivity contribution < 1.29 is 0 Å². The topological polar surface area (TPSA) is 54.7 Å². The number of anilines is 1. The third kappa shape index (κ3) is 2.58. The van der Waals surface area contributed by atoms with E-state index < -0.39 is 0 Å². The summed E-state index contributed by atoms with van der Waals surface area (Å²) < 4.78 is 1.15. The molecule has 1 aromatic carbocycles. The quantitative estimate of drug-likeness (QED) is 0.883. The van der Waals surface area contributed by atoms with Crippen LogP contribution in [-0.4, -0.2) is 10.2 Å². The van der Waals surface area contributed by atoms with Crippen molar-refractivity contribution in [3.63, 3.8) is 0 Å². The molecular formula is C14H18BrN3. The van der Waals surface area contributed by atoms with Gasteiger partial charge < -0.3 is 5.73 Å². The molecule has 0 bridgehead atoms. The standard InChI is InChI=1S/C14H18BrN3/c1-3-9(4-2)11-6-5-10(7-12(11)15)13-8-14(16)18-17-13/h5-9H,3-4H2,1-2H3,(H3,16,17,18). The maximum Gasteiger partial charge on any atom is 0.145 e. The molecule has 0 amide bonds. The highest BCUT2D eigenvalue weighted by molar-refractivity contribution is 9.10. The van der Waals surface area contributed by atoms with Crippen molar-refractivity contribution in [3.8, 4) is 11.3 Å². The van der Waals surface area contributed by atoms with Crippen LogP contribution in [0, 0.1) is 0 Å². The summed E-state index contributed by atoms with van der Waals surface area (Å²) in [6.07, 6.45) is 2.32. The molecule has 3 N–H and O–H groups in total. The van der Waals surface area contributed by atoms with Gasteiger partial charge in [-0.1, -0.05) is 41.9 Å². The molecule has 96 valence electrons. The van der Waals surface area contributed by atoms with Crippen molar-refractivity contribution >= 4 is 21.7 Å². The van der Waals surface area contributed by atoms with E-state index in [1.807, 2.05) is 6.07 Å². The molecule has 4 heteroatoms. The number of aromatic amines is 1. The van der Waals surface area contributed by atoms with Gasteiger partial charge in [-0.15, -0.1) is 0 Å². The number of benzene rings is 1. The first-order chi connectivity index (χ1) is 8.65. The Bertz CT molecular complexity index is 530. The number of nitrogens with two attached hydrogens (primary N) is 1. The number of H-pyrrole nitrogens is 1. The Morgan fingerprint density at radius 2 is 2.00 bits per heavy atom. The van der Waals surface area contributed by atoms with E-state index in [2.05, 4.69) is 58.2 Å². The van der Waals surface area contributed by atoms with Crippen molar-refractivity contribution in [1.29, 1.82) is 0 Å². The lowest BCUT2D eigenvalue weighted by Gasteiger charge is -2.15. The number of rotatable bonds is 4. The van der Waals surface area contributed by atoms with Gasteiger partial charge in [-0.25, -0.2) is 0 Å². The number of halogens is 1. The first kappa shape index (κ1) is 13.1. The van der Waals surface area contributed by atoms with Crippen LogP contribution in [0.15, 0.2) is 28.7 Å². The van der Waals surface area contributed by atoms with Gasteiger partial charge in [0.05, 0.1) is 5.69 Å². The fourth-order valence-corrected chi connectivity index (χ4v) is 2.94. The third-order valence-electron chi connectivity index (χ3n) is 3.33. The van der Waals surface area contributed by atoms with Crippen LogP contribution >= 0.6 is 15.9 Å². The van der Waals surface area contributed by atoms with E-state index in [0.717, 1.165) is 28.6 Å². The van der Waals surface area contributed by atoms with Crippen LogP contribution in [-0.2, 0) is 0 Å². The normalized spacial score (nSPS) is 11.1. The second-order valence-electron chi connectivity index (χ2n) is 4.46. The highest BCUT2D eigenvalue weighted by Gasteiger charge is 2.12. The zero-order chi connectivity index (χ0) is 13.1. The highest BCUT2D eigenvalue weighted by atomic mass is 79.9. The summed E-state index contributed by atoms with van der Waals surface area (Å²) in [6.45, 7) is 4.45. The molecule has 1 heterocycles. The Balaban J connectivity index is 2.35. The summed E-state index contributed by atoms with van der Waals surface area (Å²) >= 11 is 3.67. The molecule has 0 unspecified atom stereocenters. The van der Waals surface area contributed by atoms with Gasteiger partial charge in [0.2, 0.25) is 0 Å². The van der Waals surface area contributed by atoms with Crippen LogP contribution in [0.4, 0.5) is 5.82 Å². The summed E-state index contributed by atoms with van der Waals surface area (Å²) in [5.74, 6) is 1.13. The largest absolute Gasteiger partial charge is 0.382 e. The van der Waals surface area contributed by atoms with Crippen molar-refractivity contribution in [2.24, 2.45) is 0 Å². The van der Waals surface area contributed by atoms with Gasteiger partial charge in [-0.3, -0.25) is 5.10 Å². The fourth-order valence-electron chi connectivity index (χ4n) is 2.24. The number of hydrogen-bond donors (Lipinski definition) is 2. The van der Waals surface area contributed by atoms with Crippen molar-refractivity contribution in [2.75, 3.05) is 5.73 Å². The molecule has 0 saturated heterocycles. The number of nitrogens with one attached hydrogen (secondary N) is 1. The number of nitrogen functional groups attached to an aromatic ring is 1. The predicted octanol–water partition coefficient (Wildman–Crippen LogP) is 4.33. The molecule has 0 radical (unpaired) electrons. The fraction of sp³-hybridized carbons (Fsp3) is 0.357. The average molecular weight is 308 g/mol. The van der Waals surface area contributed by atoms with Crippen molar-refractivity contribution in [1.82, 2.24) is 10.2 Å². The summed E-state index contributed by atoms with van der Waals surface area (Å²) in [6, 6.07) is 8.28. The van der Waals surface area contributed by atoms with Gasteiger partial charge in [0.25, 0.3) is 0 Å². The average Bonchev–Trinajstić information content (AvgIpc) is 2.79. The minimum Gasteiger partial charge on any atom is -0.382 e. The van der Waals surface area contributed by atoms with Gasteiger partial charge in [0.1, 0.15) is 5.82 Å². The lowest BCUT2D eigenvalue weighted by molar-refractivity contribution is 0.639. The first-order valence-electron chi connectivity index (χ1n) is 6.26. The first-order valence-corrected chi connectivity index (χ1v) is 7.05. The second kappa shape index (κ2) is 5.57. The Labute approximate surface area is 116 Å². The van der Waals surface area contributed by atoms with E-state index in [4.69, 9.17) is 5.73 Å². The van der Waals surface area contributed by atoms with E-state index in [9.17, 15) is 0 Å². The molecule has 1 aromatic heterocycles. The van der Waals surface area contributed by atoms with E-state index in [1.54, 1.807) is 0 Å². The molecule has 0 aliphatic heterocycles. The molecule has 0 aliphatic rings. The SMILES string of the molecule is CCC(CC)c1ccc(-c2cc(N)n[nH]2)cc1Br. The predicted molar refractivity (Wildman–Crippen MR) is 79.5 cm³/mol. The third-order valence-corrected chi connectivity index (χ3v) is 4.02. The van der Waals surface area contributed by atoms with Crippen LogP contribution < -0.4 is 5.73 Å². The van der Waals surface area contributed by atoms with Crippen molar-refractivity contribution in [2.45, 2.75) is 32.6 Å². The molecular weight excluding hydrogens is 290 g/mol. The lowest BCUT2D eigenvalue weighted by Crippen LogP contribution is -1.96. The number of nitrogens with zero attached hydrogens (tertiary/aromatic N) is 1. The Morgan fingerprint density at radius 1 is 1.28 bits per heavy atom. The molecule has 0 aliphatic carbocycles. The monoisotopic (exact) mass is 307 g/mol. The minimum atomic E-state index is 0.519. The molecule has 0 fully saturated rings. The molecule has 3 nitrogen and oxygen atoms in total. The van der Waals surface area contributed by atoms with Gasteiger partial charge in [-0.2, -0.15) is 5.10 Å². The molecule has 2 aromatic rings. The van der Waals surface area contributed by atoms with Gasteiger partial charge in [-0.05, 0) is 30.4 Å². The van der Waals surface area contributed by atoms with Crippen LogP contribution in [0.3, 0.4) is 0 Å². The van der Waals surface area contributed by atoms with Crippen LogP contribution in [0.1, 0.15) is 38.2 Å². The zero-order valence-electron chi connectivity index (χ0n) is 10.7. The minimum absolute atomic E-state index is 0.519. The van der Waals surface area contributed by atoms with E-state index in [-0.39, 0.29) is 0 Å². The molecule has 18 heavy (non-hydrogen) atoms. The van der Waals surface area contributed by atoms with Gasteiger partial charge in [0, 0.05) is 16.1 Å². The van der Waals surface area contributed by atoms with Crippen LogP contribution in [0.2, 0.25) is 0 Å². The van der Waals surface area contributed by atoms with Gasteiger partial charge >= 0.3 is 0 Å². The molecule has 0 saturated carbocycles. The molecule has 0 spiro atoms. The Hall–Kier alpha value is -1.29. The Morgan fingerprint density at radius 3 is 2.50 bits per heavy atom. The van der Waals surface area contributed by atoms with E-state index in [0.29, 0.717) is 11.7 Å².